The Morgan fingerprint density at radius 1 is 0.750 bits per heavy atom. The highest BCUT2D eigenvalue weighted by atomic mass is 16.1. The quantitative estimate of drug-likeness (QED) is 0.336. The minimum absolute atomic E-state index is 0.00669. The topological polar surface area (TPSA) is 57.8 Å². The Morgan fingerprint density at radius 3 is 1.97 bits per heavy atom. The molecular weight excluding hydrogens is 394 g/mol. The number of nitrogens with zero attached hydrogens (tertiary/aromatic N) is 1. The van der Waals surface area contributed by atoms with Gasteiger partial charge in [0.15, 0.2) is 0 Å². The zero-order valence-corrected chi connectivity index (χ0v) is 17.5. The molecule has 0 aliphatic heterocycles. The average Bonchev–Trinajstić information content (AvgIpc) is 3.28. The molecule has 0 bridgehead atoms. The first kappa shape index (κ1) is 19.8. The van der Waals surface area contributed by atoms with Crippen molar-refractivity contribution in [2.24, 2.45) is 0 Å². The van der Waals surface area contributed by atoms with Crippen LogP contribution in [0.15, 0.2) is 109 Å². The van der Waals surface area contributed by atoms with Gasteiger partial charge in [-0.1, -0.05) is 72.8 Å². The van der Waals surface area contributed by atoms with Crippen LogP contribution in [0.1, 0.15) is 23.5 Å². The lowest BCUT2D eigenvalue weighted by molar-refractivity contribution is -0.116. The summed E-state index contributed by atoms with van der Waals surface area (Å²) in [4.78, 5) is 20.9. The first-order valence-electron chi connectivity index (χ1n) is 10.7. The average molecular weight is 418 g/mol. The van der Waals surface area contributed by atoms with E-state index in [2.05, 4.69) is 39.6 Å². The molecule has 0 aliphatic carbocycles. The number of rotatable bonds is 6. The molecule has 1 amide bonds. The van der Waals surface area contributed by atoms with Crippen molar-refractivity contribution in [3.05, 3.63) is 120 Å². The van der Waals surface area contributed by atoms with Crippen LogP contribution in [0.3, 0.4) is 0 Å². The van der Waals surface area contributed by atoms with E-state index in [4.69, 9.17) is 0 Å². The third-order valence-corrected chi connectivity index (χ3v) is 5.62. The van der Waals surface area contributed by atoms with Crippen molar-refractivity contribution in [1.82, 2.24) is 9.97 Å². The van der Waals surface area contributed by atoms with Crippen LogP contribution in [0.2, 0.25) is 0 Å². The number of anilines is 1. The Labute approximate surface area is 187 Å². The summed E-state index contributed by atoms with van der Waals surface area (Å²) in [7, 11) is 0. The highest BCUT2D eigenvalue weighted by molar-refractivity contribution is 5.92. The third kappa shape index (κ3) is 4.30. The summed E-state index contributed by atoms with van der Waals surface area (Å²) in [6, 6.07) is 36.1. The number of fused-ring (bicyclic) bond motifs is 1. The Morgan fingerprint density at radius 2 is 1.34 bits per heavy atom. The Kier molecular flexibility index (Phi) is 5.50. The van der Waals surface area contributed by atoms with Crippen molar-refractivity contribution < 1.29 is 4.79 Å². The zero-order chi connectivity index (χ0) is 21.8. The molecule has 5 aromatic rings. The smallest absolute Gasteiger partial charge is 0.225 e. The number of hydrogen-bond donors (Lipinski definition) is 2. The van der Waals surface area contributed by atoms with Gasteiger partial charge in [-0.3, -0.25) is 4.79 Å². The summed E-state index contributed by atoms with van der Waals surface area (Å²) < 4.78 is 0. The highest BCUT2D eigenvalue weighted by Gasteiger charge is 2.18. The van der Waals surface area contributed by atoms with Gasteiger partial charge in [0, 0.05) is 23.6 Å². The van der Waals surface area contributed by atoms with Gasteiger partial charge in [-0.2, -0.15) is 0 Å². The second kappa shape index (κ2) is 8.90. The second-order valence-corrected chi connectivity index (χ2v) is 7.81. The summed E-state index contributed by atoms with van der Waals surface area (Å²) >= 11 is 0. The van der Waals surface area contributed by atoms with Gasteiger partial charge in [-0.15, -0.1) is 0 Å². The number of H-pyrrole nitrogens is 1. The van der Waals surface area contributed by atoms with Crippen molar-refractivity contribution in [3.8, 4) is 11.4 Å². The maximum atomic E-state index is 12.9. The zero-order valence-electron chi connectivity index (χ0n) is 17.5. The number of benzene rings is 4. The molecule has 4 heteroatoms. The van der Waals surface area contributed by atoms with Gasteiger partial charge in [0.2, 0.25) is 5.91 Å². The van der Waals surface area contributed by atoms with Crippen LogP contribution in [-0.4, -0.2) is 15.9 Å². The van der Waals surface area contributed by atoms with Gasteiger partial charge in [0.05, 0.1) is 11.0 Å². The molecule has 32 heavy (non-hydrogen) atoms. The molecule has 156 valence electrons. The number of carbonyl (C=O) groups excluding carboxylic acids is 1. The SMILES string of the molecule is O=C(CC(c1ccccc1)c1ccccc1)Nc1ccc(-c2nc3ccccc3[nH]2)cc1. The number of aromatic amines is 1. The van der Waals surface area contributed by atoms with Crippen molar-refractivity contribution in [1.29, 1.82) is 0 Å². The molecule has 4 aromatic carbocycles. The monoisotopic (exact) mass is 417 g/mol. The largest absolute Gasteiger partial charge is 0.338 e. The molecule has 0 fully saturated rings. The third-order valence-electron chi connectivity index (χ3n) is 5.62. The van der Waals surface area contributed by atoms with Crippen LogP contribution in [-0.2, 0) is 4.79 Å². The number of amides is 1. The van der Waals surface area contributed by atoms with Crippen LogP contribution in [0.5, 0.6) is 0 Å². The molecule has 0 radical (unpaired) electrons. The van der Waals surface area contributed by atoms with Crippen molar-refractivity contribution >= 4 is 22.6 Å². The number of nitrogens with one attached hydrogen (secondary N) is 2. The minimum atomic E-state index is -0.0146. The van der Waals surface area contributed by atoms with Crippen LogP contribution < -0.4 is 5.32 Å². The molecule has 5 rings (SSSR count). The fraction of sp³-hybridized carbons (Fsp3) is 0.0714. The van der Waals surface area contributed by atoms with Crippen LogP contribution >= 0.6 is 0 Å². The van der Waals surface area contributed by atoms with E-state index >= 15 is 0 Å². The molecule has 0 unspecified atom stereocenters. The maximum absolute atomic E-state index is 12.9. The van der Waals surface area contributed by atoms with Gasteiger partial charge in [0.25, 0.3) is 0 Å². The van der Waals surface area contributed by atoms with Crippen molar-refractivity contribution in [2.75, 3.05) is 5.32 Å². The number of para-hydroxylation sites is 2. The Bertz CT molecular complexity index is 1250. The molecule has 0 saturated carbocycles. The first-order valence-corrected chi connectivity index (χ1v) is 10.7. The van der Waals surface area contributed by atoms with Gasteiger partial charge in [-0.25, -0.2) is 4.98 Å². The lowest BCUT2D eigenvalue weighted by atomic mass is 9.88. The van der Waals surface area contributed by atoms with E-state index in [0.29, 0.717) is 6.42 Å². The maximum Gasteiger partial charge on any atom is 0.225 e. The lowest BCUT2D eigenvalue weighted by Crippen LogP contribution is -2.16. The predicted octanol–water partition coefficient (Wildman–Crippen LogP) is 6.39. The number of aromatic nitrogens is 2. The van der Waals surface area contributed by atoms with E-state index in [-0.39, 0.29) is 11.8 Å². The lowest BCUT2D eigenvalue weighted by Gasteiger charge is -2.18. The van der Waals surface area contributed by atoms with E-state index in [0.717, 1.165) is 39.2 Å². The summed E-state index contributed by atoms with van der Waals surface area (Å²) in [5, 5.41) is 3.05. The van der Waals surface area contributed by atoms with Gasteiger partial charge < -0.3 is 10.3 Å². The number of hydrogen-bond acceptors (Lipinski definition) is 2. The molecule has 1 aromatic heterocycles. The van der Waals surface area contributed by atoms with E-state index in [1.807, 2.05) is 84.9 Å². The molecule has 0 atom stereocenters. The molecule has 1 heterocycles. The predicted molar refractivity (Wildman–Crippen MR) is 130 cm³/mol. The fourth-order valence-corrected chi connectivity index (χ4v) is 4.00. The van der Waals surface area contributed by atoms with Crippen LogP contribution in [0.4, 0.5) is 5.69 Å². The standard InChI is InChI=1S/C28H23N3O/c32-27(19-24(20-9-3-1-4-10-20)21-11-5-2-6-12-21)29-23-17-15-22(16-18-23)28-30-25-13-7-8-14-26(25)31-28/h1-18,24H,19H2,(H,29,32)(H,30,31). The summed E-state index contributed by atoms with van der Waals surface area (Å²) in [5.74, 6) is 0.809. The van der Waals surface area contributed by atoms with E-state index in [1.54, 1.807) is 0 Å². The van der Waals surface area contributed by atoms with Crippen molar-refractivity contribution in [2.45, 2.75) is 12.3 Å². The van der Waals surface area contributed by atoms with Crippen molar-refractivity contribution in [3.63, 3.8) is 0 Å². The molecular formula is C28H23N3O. The summed E-state index contributed by atoms with van der Waals surface area (Å²) in [6.45, 7) is 0. The normalized spacial score (nSPS) is 11.0. The first-order chi connectivity index (χ1) is 15.8. The van der Waals surface area contributed by atoms with Gasteiger partial charge in [0.1, 0.15) is 5.82 Å². The van der Waals surface area contributed by atoms with E-state index < -0.39 is 0 Å². The Hall–Kier alpha value is -4.18. The highest BCUT2D eigenvalue weighted by Crippen LogP contribution is 2.28. The molecule has 4 nitrogen and oxygen atoms in total. The molecule has 0 aliphatic rings. The fourth-order valence-electron chi connectivity index (χ4n) is 4.00. The van der Waals surface area contributed by atoms with Crippen LogP contribution in [0.25, 0.3) is 22.4 Å². The minimum Gasteiger partial charge on any atom is -0.338 e. The molecule has 0 saturated heterocycles. The Balaban J connectivity index is 1.31. The number of imidazole rings is 1. The van der Waals surface area contributed by atoms with E-state index in [9.17, 15) is 4.79 Å². The second-order valence-electron chi connectivity index (χ2n) is 7.81. The van der Waals surface area contributed by atoms with E-state index in [1.165, 1.54) is 0 Å². The molecule has 0 spiro atoms. The van der Waals surface area contributed by atoms with Crippen LogP contribution in [0, 0.1) is 0 Å². The molecule has 2 N–H and O–H groups in total. The van der Waals surface area contributed by atoms with Gasteiger partial charge >= 0.3 is 0 Å². The summed E-state index contributed by atoms with van der Waals surface area (Å²) in [6.07, 6.45) is 0.374. The van der Waals surface area contributed by atoms with Gasteiger partial charge in [-0.05, 0) is 47.5 Å². The number of carbonyl (C=O) groups is 1. The summed E-state index contributed by atoms with van der Waals surface area (Å²) in [5.41, 5.74) is 5.96.